The monoisotopic (exact) mass is 270 g/mol. The van der Waals surface area contributed by atoms with Crippen molar-refractivity contribution < 1.29 is 26.0 Å². The molecule has 0 aliphatic carbocycles. The number of alkyl halides is 3. The molecule has 96 valence electrons. The lowest BCUT2D eigenvalue weighted by Crippen LogP contribution is -2.11. The molecular weight excluding hydrogens is 260 g/mol. The highest BCUT2D eigenvalue weighted by Crippen LogP contribution is 2.32. The van der Waals surface area contributed by atoms with Gasteiger partial charge in [-0.15, -0.1) is 0 Å². The smallest absolute Gasteiger partial charge is 0.229 e. The van der Waals surface area contributed by atoms with E-state index in [1.165, 1.54) is 6.92 Å². The first-order valence-corrected chi connectivity index (χ1v) is 6.54. The molecule has 0 heterocycles. The molecule has 0 amide bonds. The van der Waals surface area contributed by atoms with Gasteiger partial charge in [0, 0.05) is 5.75 Å². The third kappa shape index (κ3) is 3.69. The fourth-order valence-corrected chi connectivity index (χ4v) is 2.13. The lowest BCUT2D eigenvalue weighted by Gasteiger charge is -2.10. The minimum Gasteiger partial charge on any atom is -0.229 e. The predicted molar refractivity (Wildman–Crippen MR) is 54.6 cm³/mol. The van der Waals surface area contributed by atoms with Gasteiger partial charge in [-0.1, -0.05) is 13.0 Å². The summed E-state index contributed by atoms with van der Waals surface area (Å²) < 4.78 is 72.5. The molecule has 1 rings (SSSR count). The molecule has 0 radical (unpaired) electrons. The van der Waals surface area contributed by atoms with Gasteiger partial charge in [-0.3, -0.25) is 0 Å². The van der Waals surface area contributed by atoms with Crippen molar-refractivity contribution in [1.82, 2.24) is 0 Å². The molecule has 0 atom stereocenters. The summed E-state index contributed by atoms with van der Waals surface area (Å²) in [7, 11) is -3.44. The fraction of sp³-hybridized carbons (Fsp3) is 0.400. The normalized spacial score (nSPS) is 12.8. The van der Waals surface area contributed by atoms with Crippen LogP contribution in [0.1, 0.15) is 18.1 Å². The van der Waals surface area contributed by atoms with Crippen LogP contribution in [-0.4, -0.2) is 14.2 Å². The Balaban J connectivity index is 3.14. The molecule has 0 spiro atoms. The molecule has 1 aromatic carbocycles. The van der Waals surface area contributed by atoms with Crippen LogP contribution in [0.15, 0.2) is 18.2 Å². The lowest BCUT2D eigenvalue weighted by molar-refractivity contribution is -0.140. The summed E-state index contributed by atoms with van der Waals surface area (Å²) in [5.74, 6) is -2.10. The van der Waals surface area contributed by atoms with E-state index in [-0.39, 0.29) is 11.3 Å². The molecule has 1 aromatic rings. The fourth-order valence-electron chi connectivity index (χ4n) is 1.24. The third-order valence-electron chi connectivity index (χ3n) is 2.16. The van der Waals surface area contributed by atoms with Crippen molar-refractivity contribution in [2.45, 2.75) is 18.9 Å². The number of benzene rings is 1. The Morgan fingerprint density at radius 2 is 1.82 bits per heavy atom. The number of sulfone groups is 1. The van der Waals surface area contributed by atoms with Gasteiger partial charge in [-0.05, 0) is 17.7 Å². The van der Waals surface area contributed by atoms with Gasteiger partial charge in [-0.25, -0.2) is 12.8 Å². The molecule has 0 aromatic heterocycles. The second kappa shape index (κ2) is 4.64. The van der Waals surface area contributed by atoms with Gasteiger partial charge in [0.2, 0.25) is 0 Å². The largest absolute Gasteiger partial charge is 0.419 e. The summed E-state index contributed by atoms with van der Waals surface area (Å²) in [6.07, 6.45) is -4.82. The number of hydrogen-bond donors (Lipinski definition) is 0. The van der Waals surface area contributed by atoms with E-state index in [0.717, 1.165) is 6.07 Å². The van der Waals surface area contributed by atoms with E-state index in [9.17, 15) is 26.0 Å². The summed E-state index contributed by atoms with van der Waals surface area (Å²) >= 11 is 0. The molecule has 0 N–H and O–H groups in total. The van der Waals surface area contributed by atoms with Gasteiger partial charge >= 0.3 is 6.18 Å². The number of rotatable bonds is 3. The quantitative estimate of drug-likeness (QED) is 0.791. The van der Waals surface area contributed by atoms with Crippen molar-refractivity contribution in [3.05, 3.63) is 35.1 Å². The Kier molecular flexibility index (Phi) is 3.81. The van der Waals surface area contributed by atoms with Crippen molar-refractivity contribution in [3.63, 3.8) is 0 Å². The van der Waals surface area contributed by atoms with Crippen LogP contribution in [0.4, 0.5) is 17.6 Å². The molecule has 0 aliphatic heterocycles. The van der Waals surface area contributed by atoms with Gasteiger partial charge in [0.1, 0.15) is 5.82 Å². The van der Waals surface area contributed by atoms with Crippen molar-refractivity contribution in [1.29, 1.82) is 0 Å². The van der Waals surface area contributed by atoms with Crippen molar-refractivity contribution in [2.24, 2.45) is 0 Å². The Bertz CT molecular complexity index is 506. The summed E-state index contributed by atoms with van der Waals surface area (Å²) in [6, 6.07) is 2.20. The first kappa shape index (κ1) is 14.0. The standard InChI is InChI=1S/C10H10F4O2S/c1-2-17(15,16)6-7-3-4-9(11)8(5-7)10(12,13)14/h3-5H,2,6H2,1H3. The maximum absolute atomic E-state index is 12.9. The molecule has 17 heavy (non-hydrogen) atoms. The topological polar surface area (TPSA) is 34.1 Å². The number of hydrogen-bond acceptors (Lipinski definition) is 2. The second-order valence-corrected chi connectivity index (χ2v) is 5.84. The lowest BCUT2D eigenvalue weighted by atomic mass is 10.1. The van der Waals surface area contributed by atoms with Crippen LogP contribution in [0.3, 0.4) is 0 Å². The van der Waals surface area contributed by atoms with E-state index >= 15 is 0 Å². The third-order valence-corrected chi connectivity index (χ3v) is 3.82. The summed E-state index contributed by atoms with van der Waals surface area (Å²) in [5, 5.41) is 0. The average molecular weight is 270 g/mol. The van der Waals surface area contributed by atoms with Crippen LogP contribution >= 0.6 is 0 Å². The molecule has 0 saturated heterocycles. The van der Waals surface area contributed by atoms with Crippen molar-refractivity contribution >= 4 is 9.84 Å². The molecular formula is C10H10F4O2S. The Hall–Kier alpha value is -1.11. The van der Waals surface area contributed by atoms with E-state index in [2.05, 4.69) is 0 Å². The summed E-state index contributed by atoms with van der Waals surface area (Å²) in [6.45, 7) is 1.39. The average Bonchev–Trinajstić information content (AvgIpc) is 2.19. The minimum absolute atomic E-state index is 0.0689. The summed E-state index contributed by atoms with van der Waals surface area (Å²) in [5.41, 5.74) is -1.51. The Morgan fingerprint density at radius 3 is 2.29 bits per heavy atom. The number of halogens is 4. The zero-order valence-corrected chi connectivity index (χ0v) is 9.70. The molecule has 7 heteroatoms. The van der Waals surface area contributed by atoms with E-state index < -0.39 is 33.1 Å². The van der Waals surface area contributed by atoms with Gasteiger partial charge in [0.15, 0.2) is 9.84 Å². The predicted octanol–water partition coefficient (Wildman–Crippen LogP) is 2.78. The molecule has 0 unspecified atom stereocenters. The van der Waals surface area contributed by atoms with Crippen molar-refractivity contribution in [3.8, 4) is 0 Å². The van der Waals surface area contributed by atoms with E-state index in [1.54, 1.807) is 0 Å². The van der Waals surface area contributed by atoms with E-state index in [0.29, 0.717) is 12.1 Å². The van der Waals surface area contributed by atoms with Crippen LogP contribution in [-0.2, 0) is 21.8 Å². The highest BCUT2D eigenvalue weighted by molar-refractivity contribution is 7.90. The van der Waals surface area contributed by atoms with Gasteiger partial charge in [0.05, 0.1) is 11.3 Å². The summed E-state index contributed by atoms with van der Waals surface area (Å²) in [4.78, 5) is 0. The van der Waals surface area contributed by atoms with Crippen LogP contribution in [0.25, 0.3) is 0 Å². The second-order valence-electron chi connectivity index (χ2n) is 3.49. The molecule has 2 nitrogen and oxygen atoms in total. The Labute approximate surface area is 96.2 Å². The zero-order valence-electron chi connectivity index (χ0n) is 8.88. The molecule has 0 fully saturated rings. The highest BCUT2D eigenvalue weighted by Gasteiger charge is 2.34. The Morgan fingerprint density at radius 1 is 1.24 bits per heavy atom. The van der Waals surface area contributed by atoms with Crippen LogP contribution < -0.4 is 0 Å². The SMILES string of the molecule is CCS(=O)(=O)Cc1ccc(F)c(C(F)(F)F)c1. The van der Waals surface area contributed by atoms with Crippen LogP contribution in [0, 0.1) is 5.82 Å². The maximum Gasteiger partial charge on any atom is 0.419 e. The molecule has 0 bridgehead atoms. The zero-order chi connectivity index (χ0) is 13.3. The maximum atomic E-state index is 12.9. The van der Waals surface area contributed by atoms with Gasteiger partial charge in [0.25, 0.3) is 0 Å². The van der Waals surface area contributed by atoms with Gasteiger partial charge in [-0.2, -0.15) is 13.2 Å². The van der Waals surface area contributed by atoms with Crippen LogP contribution in [0.5, 0.6) is 0 Å². The first-order chi connectivity index (χ1) is 7.65. The first-order valence-electron chi connectivity index (χ1n) is 4.72. The van der Waals surface area contributed by atoms with Crippen molar-refractivity contribution in [2.75, 3.05) is 5.75 Å². The van der Waals surface area contributed by atoms with Gasteiger partial charge < -0.3 is 0 Å². The highest BCUT2D eigenvalue weighted by atomic mass is 32.2. The molecule has 0 saturated carbocycles. The van der Waals surface area contributed by atoms with Crippen LogP contribution in [0.2, 0.25) is 0 Å². The molecule has 0 aliphatic rings. The minimum atomic E-state index is -4.82. The van der Waals surface area contributed by atoms with E-state index in [4.69, 9.17) is 0 Å². The van der Waals surface area contributed by atoms with E-state index in [1.807, 2.05) is 0 Å².